The van der Waals surface area contributed by atoms with Crippen molar-refractivity contribution in [3.05, 3.63) is 39.9 Å². The van der Waals surface area contributed by atoms with Crippen LogP contribution in [0.5, 0.6) is 0 Å². The van der Waals surface area contributed by atoms with Gasteiger partial charge in [-0.1, -0.05) is 34.1 Å². The Labute approximate surface area is 106 Å². The maximum atomic E-state index is 5.51. The number of hydrogen-bond donors (Lipinski definition) is 1. The number of ether oxygens (including phenoxy) is 1. The first-order valence-electron chi connectivity index (χ1n) is 5.40. The Balaban J connectivity index is 2.75. The molecule has 0 bridgehead atoms. The maximum absolute atomic E-state index is 5.51. The van der Waals surface area contributed by atoms with E-state index in [2.05, 4.69) is 34.1 Å². The van der Waals surface area contributed by atoms with E-state index in [1.165, 1.54) is 11.1 Å². The maximum Gasteiger partial charge on any atom is 0.0676 e. The molecule has 0 aliphatic heterocycles. The van der Waals surface area contributed by atoms with Crippen LogP contribution in [-0.2, 0) is 4.74 Å². The molecule has 0 atom stereocenters. The highest BCUT2D eigenvalue weighted by atomic mass is 79.9. The van der Waals surface area contributed by atoms with Gasteiger partial charge in [-0.25, -0.2) is 0 Å². The van der Waals surface area contributed by atoms with E-state index in [0.717, 1.165) is 23.9 Å². The number of benzene rings is 1. The minimum absolute atomic E-state index is 0.673. The van der Waals surface area contributed by atoms with Crippen molar-refractivity contribution in [2.75, 3.05) is 20.3 Å². The molecule has 0 spiro atoms. The summed E-state index contributed by atoms with van der Waals surface area (Å²) in [6.45, 7) is 1.39. The average Bonchev–Trinajstić information content (AvgIpc) is 2.26. The van der Waals surface area contributed by atoms with Crippen molar-refractivity contribution in [1.29, 1.82) is 0 Å². The number of hydrogen-bond acceptors (Lipinski definition) is 2. The predicted molar refractivity (Wildman–Crippen MR) is 72.3 cm³/mol. The smallest absolute Gasteiger partial charge is 0.0676 e. The van der Waals surface area contributed by atoms with Gasteiger partial charge in [0.15, 0.2) is 0 Å². The van der Waals surface area contributed by atoms with Crippen LogP contribution in [-0.4, -0.2) is 20.3 Å². The molecule has 16 heavy (non-hydrogen) atoms. The molecule has 0 aliphatic carbocycles. The largest absolute Gasteiger partial charge is 0.380 e. The van der Waals surface area contributed by atoms with Gasteiger partial charge < -0.3 is 10.5 Å². The zero-order valence-electron chi connectivity index (χ0n) is 9.58. The third-order valence-electron chi connectivity index (χ3n) is 2.25. The molecule has 0 aliphatic rings. The molecule has 1 aromatic rings. The van der Waals surface area contributed by atoms with Gasteiger partial charge in [0, 0.05) is 11.6 Å². The molecule has 1 aromatic carbocycles. The molecule has 0 radical (unpaired) electrons. The summed E-state index contributed by atoms with van der Waals surface area (Å²) >= 11 is 3.46. The van der Waals surface area contributed by atoms with Gasteiger partial charge in [-0.2, -0.15) is 0 Å². The summed E-state index contributed by atoms with van der Waals surface area (Å²) in [5, 5.41) is 0. The zero-order chi connectivity index (χ0) is 11.8. The third kappa shape index (κ3) is 4.92. The number of rotatable bonds is 6. The fourth-order valence-electron chi connectivity index (χ4n) is 1.53. The van der Waals surface area contributed by atoms with E-state index in [-0.39, 0.29) is 0 Å². The first-order chi connectivity index (χ1) is 7.76. The molecule has 3 heteroatoms. The topological polar surface area (TPSA) is 35.2 Å². The molecule has 2 nitrogen and oxygen atoms in total. The van der Waals surface area contributed by atoms with Gasteiger partial charge in [0.2, 0.25) is 0 Å². The van der Waals surface area contributed by atoms with Crippen LogP contribution in [0, 0.1) is 0 Å². The Morgan fingerprint density at radius 1 is 1.50 bits per heavy atom. The van der Waals surface area contributed by atoms with E-state index in [1.54, 1.807) is 7.11 Å². The molecule has 0 saturated heterocycles. The van der Waals surface area contributed by atoms with Crippen LogP contribution in [0.25, 0.3) is 6.08 Å². The van der Waals surface area contributed by atoms with Crippen LogP contribution < -0.4 is 5.73 Å². The monoisotopic (exact) mass is 283 g/mol. The van der Waals surface area contributed by atoms with Gasteiger partial charge >= 0.3 is 0 Å². The van der Waals surface area contributed by atoms with Crippen LogP contribution in [0.15, 0.2) is 34.3 Å². The quantitative estimate of drug-likeness (QED) is 0.870. The SMILES string of the molecule is COC/C(=C/c1cccc(Br)c1)CCCN. The standard InChI is InChI=1S/C13H18BrNO/c1-16-10-12(5-3-7-15)8-11-4-2-6-13(14)9-11/h2,4,6,8-9H,3,5,7,10,15H2,1H3/b12-8+. The third-order valence-corrected chi connectivity index (χ3v) is 2.74. The van der Waals surface area contributed by atoms with E-state index in [1.807, 2.05) is 12.1 Å². The van der Waals surface area contributed by atoms with Gasteiger partial charge in [0.05, 0.1) is 6.61 Å². The van der Waals surface area contributed by atoms with Gasteiger partial charge in [0.1, 0.15) is 0 Å². The summed E-state index contributed by atoms with van der Waals surface area (Å²) in [4.78, 5) is 0. The second-order valence-electron chi connectivity index (χ2n) is 3.68. The highest BCUT2D eigenvalue weighted by molar-refractivity contribution is 9.10. The molecule has 0 saturated carbocycles. The fraction of sp³-hybridized carbons (Fsp3) is 0.385. The summed E-state index contributed by atoms with van der Waals surface area (Å²) in [7, 11) is 1.72. The Morgan fingerprint density at radius 3 is 2.94 bits per heavy atom. The van der Waals surface area contributed by atoms with Crippen molar-refractivity contribution in [3.63, 3.8) is 0 Å². The first kappa shape index (κ1) is 13.4. The summed E-state index contributed by atoms with van der Waals surface area (Å²) in [6.07, 6.45) is 4.17. The average molecular weight is 284 g/mol. The predicted octanol–water partition coefficient (Wildman–Crippen LogP) is 3.22. The highest BCUT2D eigenvalue weighted by Gasteiger charge is 1.98. The molecule has 0 aromatic heterocycles. The van der Waals surface area contributed by atoms with Crippen LogP contribution in [0.3, 0.4) is 0 Å². The summed E-state index contributed by atoms with van der Waals surface area (Å²) in [6, 6.07) is 8.23. The van der Waals surface area contributed by atoms with Crippen LogP contribution >= 0.6 is 15.9 Å². The van der Waals surface area contributed by atoms with E-state index in [4.69, 9.17) is 10.5 Å². The van der Waals surface area contributed by atoms with Gasteiger partial charge in [-0.15, -0.1) is 0 Å². The Kier molecular flexibility index (Phi) is 6.38. The second kappa shape index (κ2) is 7.60. The molecular formula is C13H18BrNO. The van der Waals surface area contributed by atoms with Gasteiger partial charge in [0.25, 0.3) is 0 Å². The highest BCUT2D eigenvalue weighted by Crippen LogP contribution is 2.16. The minimum Gasteiger partial charge on any atom is -0.380 e. The van der Waals surface area contributed by atoms with Crippen molar-refractivity contribution in [1.82, 2.24) is 0 Å². The van der Waals surface area contributed by atoms with Crippen molar-refractivity contribution < 1.29 is 4.74 Å². The lowest BCUT2D eigenvalue weighted by Gasteiger charge is -2.06. The van der Waals surface area contributed by atoms with E-state index < -0.39 is 0 Å². The van der Waals surface area contributed by atoms with Crippen molar-refractivity contribution in [2.24, 2.45) is 5.73 Å². The van der Waals surface area contributed by atoms with Crippen LogP contribution in [0.2, 0.25) is 0 Å². The number of methoxy groups -OCH3 is 1. The molecule has 2 N–H and O–H groups in total. The van der Waals surface area contributed by atoms with Crippen molar-refractivity contribution >= 4 is 22.0 Å². The lowest BCUT2D eigenvalue weighted by atomic mass is 10.1. The number of halogens is 1. The van der Waals surface area contributed by atoms with E-state index in [0.29, 0.717) is 6.61 Å². The lowest BCUT2D eigenvalue weighted by molar-refractivity contribution is 0.223. The number of nitrogens with two attached hydrogens (primary N) is 1. The van der Waals surface area contributed by atoms with Crippen molar-refractivity contribution in [3.8, 4) is 0 Å². The van der Waals surface area contributed by atoms with E-state index >= 15 is 0 Å². The summed E-state index contributed by atoms with van der Waals surface area (Å²) < 4.78 is 6.28. The lowest BCUT2D eigenvalue weighted by Crippen LogP contribution is -2.01. The fourth-order valence-corrected chi connectivity index (χ4v) is 1.95. The second-order valence-corrected chi connectivity index (χ2v) is 4.60. The first-order valence-corrected chi connectivity index (χ1v) is 6.19. The molecule has 0 amide bonds. The van der Waals surface area contributed by atoms with Crippen LogP contribution in [0.1, 0.15) is 18.4 Å². The molecule has 1 rings (SSSR count). The van der Waals surface area contributed by atoms with Gasteiger partial charge in [-0.3, -0.25) is 0 Å². The molecule has 88 valence electrons. The Morgan fingerprint density at radius 2 is 2.31 bits per heavy atom. The molecule has 0 unspecified atom stereocenters. The molecular weight excluding hydrogens is 266 g/mol. The van der Waals surface area contributed by atoms with E-state index in [9.17, 15) is 0 Å². The molecule has 0 fully saturated rings. The normalized spacial score (nSPS) is 11.8. The minimum atomic E-state index is 0.673. The summed E-state index contributed by atoms with van der Waals surface area (Å²) in [5.41, 5.74) is 7.99. The Bertz CT molecular complexity index is 350. The summed E-state index contributed by atoms with van der Waals surface area (Å²) in [5.74, 6) is 0. The van der Waals surface area contributed by atoms with Gasteiger partial charge in [-0.05, 0) is 42.7 Å². The van der Waals surface area contributed by atoms with Crippen molar-refractivity contribution in [2.45, 2.75) is 12.8 Å². The van der Waals surface area contributed by atoms with Crippen LogP contribution in [0.4, 0.5) is 0 Å². The molecule has 0 heterocycles. The zero-order valence-corrected chi connectivity index (χ0v) is 11.2. The Hall–Kier alpha value is -0.640.